The second kappa shape index (κ2) is 7.36. The van der Waals surface area contributed by atoms with Crippen LogP contribution in [0, 0.1) is 4.77 Å². The van der Waals surface area contributed by atoms with Crippen molar-refractivity contribution in [1.82, 2.24) is 14.3 Å². The van der Waals surface area contributed by atoms with Crippen LogP contribution >= 0.6 is 12.2 Å². The van der Waals surface area contributed by atoms with Gasteiger partial charge in [0.05, 0.1) is 26.3 Å². The van der Waals surface area contributed by atoms with Crippen molar-refractivity contribution < 1.29 is 14.4 Å². The Kier molecular flexibility index (Phi) is 5.20. The zero-order valence-electron chi connectivity index (χ0n) is 14.5. The molecule has 2 atom stereocenters. The van der Waals surface area contributed by atoms with Crippen molar-refractivity contribution >= 4 is 12.2 Å². The van der Waals surface area contributed by atoms with E-state index in [-0.39, 0.29) is 0 Å². The normalized spacial score (nSPS) is 20.3. The van der Waals surface area contributed by atoms with E-state index in [1.165, 1.54) is 16.9 Å². The quantitative estimate of drug-likeness (QED) is 0.808. The van der Waals surface area contributed by atoms with Crippen molar-refractivity contribution in [3.63, 3.8) is 0 Å². The fraction of sp³-hybridized carbons (Fsp3) is 0.529. The van der Waals surface area contributed by atoms with E-state index in [1.807, 2.05) is 27.7 Å². The summed E-state index contributed by atoms with van der Waals surface area (Å²) in [6.07, 6.45) is 4.13. The molecule has 0 spiro atoms. The van der Waals surface area contributed by atoms with Crippen molar-refractivity contribution in [3.8, 4) is 11.5 Å². The van der Waals surface area contributed by atoms with Gasteiger partial charge < -0.3 is 18.9 Å². The molecule has 1 N–H and O–H groups in total. The van der Waals surface area contributed by atoms with Crippen LogP contribution in [0.3, 0.4) is 0 Å². The Morgan fingerprint density at radius 2 is 2.17 bits per heavy atom. The average molecular weight is 349 g/mol. The number of hydrogen-bond donors (Lipinski definition) is 1. The van der Waals surface area contributed by atoms with Gasteiger partial charge in [-0.3, -0.25) is 0 Å². The van der Waals surface area contributed by atoms with Crippen molar-refractivity contribution in [2.24, 2.45) is 0 Å². The van der Waals surface area contributed by atoms with E-state index >= 15 is 0 Å². The summed E-state index contributed by atoms with van der Waals surface area (Å²) < 4.78 is 15.7. The predicted octanol–water partition coefficient (Wildman–Crippen LogP) is 1.83. The molecule has 0 bridgehead atoms. The predicted molar refractivity (Wildman–Crippen MR) is 94.1 cm³/mol. The van der Waals surface area contributed by atoms with Gasteiger partial charge in [0.1, 0.15) is 23.9 Å². The number of rotatable bonds is 6. The minimum absolute atomic E-state index is 0.365. The van der Waals surface area contributed by atoms with Crippen LogP contribution < -0.4 is 14.4 Å². The zero-order valence-corrected chi connectivity index (χ0v) is 15.3. The van der Waals surface area contributed by atoms with Gasteiger partial charge in [0.2, 0.25) is 4.77 Å². The van der Waals surface area contributed by atoms with E-state index < -0.39 is 0 Å². The van der Waals surface area contributed by atoms with E-state index in [1.54, 1.807) is 14.2 Å². The minimum Gasteiger partial charge on any atom is -0.497 e. The standard InChI is InChI=1S/C17H24N4O2S/c1-4-19-11-18-21(17(19)24)12-20-9-5-6-15(20)14-10-13(22-2)7-8-16(14)23-3/h7-8,10-11,15H,4-6,9,12H2,1-3H3/p+1/t15-/m0/s1. The van der Waals surface area contributed by atoms with Crippen LogP contribution in [0.25, 0.3) is 0 Å². The van der Waals surface area contributed by atoms with E-state index in [2.05, 4.69) is 18.1 Å². The minimum atomic E-state index is 0.365. The second-order valence-electron chi connectivity index (χ2n) is 6.07. The lowest BCUT2D eigenvalue weighted by Gasteiger charge is -2.23. The van der Waals surface area contributed by atoms with Gasteiger partial charge >= 0.3 is 0 Å². The van der Waals surface area contributed by atoms with E-state index in [0.717, 1.165) is 42.4 Å². The maximum Gasteiger partial charge on any atom is 0.202 e. The summed E-state index contributed by atoms with van der Waals surface area (Å²) in [7, 11) is 3.42. The van der Waals surface area contributed by atoms with Crippen molar-refractivity contribution in [2.75, 3.05) is 20.8 Å². The number of methoxy groups -OCH3 is 2. The lowest BCUT2D eigenvalue weighted by atomic mass is 10.0. The van der Waals surface area contributed by atoms with Crippen LogP contribution in [-0.4, -0.2) is 35.1 Å². The monoisotopic (exact) mass is 349 g/mol. The summed E-state index contributed by atoms with van der Waals surface area (Å²) in [5.74, 6) is 1.78. The molecule has 0 saturated carbocycles. The molecule has 1 aromatic carbocycles. The van der Waals surface area contributed by atoms with Gasteiger partial charge in [0, 0.05) is 19.4 Å². The summed E-state index contributed by atoms with van der Waals surface area (Å²) in [5, 5.41) is 4.45. The van der Waals surface area contributed by atoms with Gasteiger partial charge in [-0.25, -0.2) is 0 Å². The van der Waals surface area contributed by atoms with Crippen LogP contribution in [0.15, 0.2) is 24.5 Å². The molecular weight excluding hydrogens is 324 g/mol. The fourth-order valence-electron chi connectivity index (χ4n) is 3.48. The van der Waals surface area contributed by atoms with E-state index in [4.69, 9.17) is 21.7 Å². The molecular formula is C17H25N4O2S+. The first-order chi connectivity index (χ1) is 11.7. The third-order valence-electron chi connectivity index (χ3n) is 4.79. The van der Waals surface area contributed by atoms with Gasteiger partial charge in [-0.15, -0.1) is 0 Å². The summed E-state index contributed by atoms with van der Waals surface area (Å²) >= 11 is 5.51. The van der Waals surface area contributed by atoms with Gasteiger partial charge in [-0.2, -0.15) is 9.78 Å². The number of quaternary nitrogens is 1. The Morgan fingerprint density at radius 3 is 2.83 bits per heavy atom. The number of nitrogens with one attached hydrogen (secondary N) is 1. The Balaban J connectivity index is 1.88. The molecule has 1 aliphatic heterocycles. The molecule has 3 rings (SSSR count). The molecule has 7 heteroatoms. The molecule has 0 radical (unpaired) electrons. The van der Waals surface area contributed by atoms with Gasteiger partial charge in [0.15, 0.2) is 6.67 Å². The lowest BCUT2D eigenvalue weighted by molar-refractivity contribution is -0.941. The first-order valence-electron chi connectivity index (χ1n) is 8.36. The Labute approximate surface area is 147 Å². The largest absolute Gasteiger partial charge is 0.497 e. The summed E-state index contributed by atoms with van der Waals surface area (Å²) in [6, 6.07) is 6.39. The smallest absolute Gasteiger partial charge is 0.202 e. The molecule has 2 aromatic rings. The van der Waals surface area contributed by atoms with Gasteiger partial charge in [-0.05, 0) is 37.3 Å². The number of hydrogen-bond acceptors (Lipinski definition) is 4. The lowest BCUT2D eigenvalue weighted by Crippen LogP contribution is -3.09. The van der Waals surface area contributed by atoms with Crippen LogP contribution in [0.2, 0.25) is 0 Å². The molecule has 1 fully saturated rings. The maximum atomic E-state index is 5.59. The molecule has 6 nitrogen and oxygen atoms in total. The number of nitrogens with zero attached hydrogens (tertiary/aromatic N) is 3. The SMILES string of the molecule is CCn1cnn(C[NH+]2CCC[C@H]2c2cc(OC)ccc2OC)c1=S. The molecule has 0 aliphatic carbocycles. The summed E-state index contributed by atoms with van der Waals surface area (Å²) in [5.41, 5.74) is 1.20. The Hall–Kier alpha value is -1.86. The topological polar surface area (TPSA) is 45.7 Å². The van der Waals surface area contributed by atoms with Gasteiger partial charge in [-0.1, -0.05) is 0 Å². The molecule has 24 heavy (non-hydrogen) atoms. The van der Waals surface area contributed by atoms with Gasteiger partial charge in [0.25, 0.3) is 0 Å². The zero-order chi connectivity index (χ0) is 17.1. The van der Waals surface area contributed by atoms with E-state index in [0.29, 0.717) is 6.04 Å². The summed E-state index contributed by atoms with van der Waals surface area (Å²) in [6.45, 7) is 4.80. The molecule has 130 valence electrons. The highest BCUT2D eigenvalue weighted by Gasteiger charge is 2.33. The Morgan fingerprint density at radius 1 is 1.33 bits per heavy atom. The van der Waals surface area contributed by atoms with Crippen LogP contribution in [0.1, 0.15) is 31.4 Å². The third kappa shape index (κ3) is 3.18. The second-order valence-corrected chi connectivity index (χ2v) is 6.43. The van der Waals surface area contributed by atoms with E-state index in [9.17, 15) is 0 Å². The fourth-order valence-corrected chi connectivity index (χ4v) is 3.77. The average Bonchev–Trinajstić information content (AvgIpc) is 3.21. The van der Waals surface area contributed by atoms with Crippen LogP contribution in [0.5, 0.6) is 11.5 Å². The highest BCUT2D eigenvalue weighted by Crippen LogP contribution is 2.31. The van der Waals surface area contributed by atoms with Crippen molar-refractivity contribution in [2.45, 2.75) is 39.0 Å². The Bertz CT molecular complexity index is 755. The summed E-state index contributed by atoms with van der Waals surface area (Å²) in [4.78, 5) is 1.46. The first kappa shape index (κ1) is 17.0. The number of aromatic nitrogens is 3. The highest BCUT2D eigenvalue weighted by molar-refractivity contribution is 7.71. The number of ether oxygens (including phenoxy) is 2. The molecule has 0 amide bonds. The number of benzene rings is 1. The third-order valence-corrected chi connectivity index (χ3v) is 5.23. The van der Waals surface area contributed by atoms with Crippen molar-refractivity contribution in [3.05, 3.63) is 34.9 Å². The number of aryl methyl sites for hydroxylation is 1. The molecule has 2 heterocycles. The molecule has 1 saturated heterocycles. The van der Waals surface area contributed by atoms with Crippen LogP contribution in [-0.2, 0) is 13.2 Å². The highest BCUT2D eigenvalue weighted by atomic mass is 32.1. The maximum absolute atomic E-state index is 5.59. The molecule has 1 aromatic heterocycles. The first-order valence-corrected chi connectivity index (χ1v) is 8.77. The number of likely N-dealkylation sites (tertiary alicyclic amines) is 1. The molecule has 1 aliphatic rings. The molecule has 1 unspecified atom stereocenters. The van der Waals surface area contributed by atoms with Crippen LogP contribution in [0.4, 0.5) is 0 Å². The van der Waals surface area contributed by atoms with Crippen molar-refractivity contribution in [1.29, 1.82) is 0 Å².